The van der Waals surface area contributed by atoms with Crippen LogP contribution >= 0.6 is 11.6 Å². The minimum Gasteiger partial charge on any atom is -0.380 e. The van der Waals surface area contributed by atoms with Crippen molar-refractivity contribution in [3.8, 4) is 0 Å². The highest BCUT2D eigenvalue weighted by Gasteiger charge is 2.57. The minimum atomic E-state index is 0.263. The van der Waals surface area contributed by atoms with Gasteiger partial charge in [-0.1, -0.05) is 12.2 Å². The Labute approximate surface area is 84.1 Å². The molecule has 3 rings (SSSR count). The molecule has 72 valence electrons. The van der Waals surface area contributed by atoms with Gasteiger partial charge in [-0.3, -0.25) is 0 Å². The summed E-state index contributed by atoms with van der Waals surface area (Å²) in [7, 11) is 1.80. The average Bonchev–Trinajstić information content (AvgIpc) is 2.71. The number of allylic oxidation sites excluding steroid dienone is 2. The fourth-order valence-electron chi connectivity index (χ4n) is 3.76. The predicted octanol–water partition coefficient (Wildman–Crippen LogP) is 2.45. The maximum atomic E-state index is 6.38. The van der Waals surface area contributed by atoms with E-state index in [0.717, 1.165) is 17.8 Å². The molecule has 2 fully saturated rings. The van der Waals surface area contributed by atoms with E-state index >= 15 is 0 Å². The summed E-state index contributed by atoms with van der Waals surface area (Å²) >= 11 is 6.38. The van der Waals surface area contributed by atoms with Gasteiger partial charge in [-0.15, -0.1) is 11.6 Å². The van der Waals surface area contributed by atoms with Crippen molar-refractivity contribution >= 4 is 11.6 Å². The Bertz CT molecular complexity index is 248. The Kier molecular flexibility index (Phi) is 1.75. The van der Waals surface area contributed by atoms with E-state index in [2.05, 4.69) is 12.2 Å². The summed E-state index contributed by atoms with van der Waals surface area (Å²) in [5, 5.41) is 0.263. The zero-order chi connectivity index (χ0) is 9.00. The number of hydrogen-bond acceptors (Lipinski definition) is 1. The molecule has 13 heavy (non-hydrogen) atoms. The fraction of sp³-hybridized carbons (Fsp3) is 0.818. The van der Waals surface area contributed by atoms with Crippen molar-refractivity contribution in [1.29, 1.82) is 0 Å². The molecule has 6 atom stereocenters. The molecule has 0 heterocycles. The standard InChI is InChI=1S/C11H15ClO/c1-13-11-9-5-8(10(11)12)6-3-2-4-7(6)9/h2-3,6-11H,4-5H2,1H3. The highest BCUT2D eigenvalue weighted by Crippen LogP contribution is 2.58. The molecule has 1 nitrogen and oxygen atoms in total. The van der Waals surface area contributed by atoms with Gasteiger partial charge in [0.25, 0.3) is 0 Å². The van der Waals surface area contributed by atoms with E-state index < -0.39 is 0 Å². The van der Waals surface area contributed by atoms with Gasteiger partial charge in [-0.25, -0.2) is 0 Å². The number of alkyl halides is 1. The number of ether oxygens (including phenoxy) is 1. The molecule has 0 radical (unpaired) electrons. The molecule has 6 unspecified atom stereocenters. The third-order valence-electron chi connectivity index (χ3n) is 4.27. The van der Waals surface area contributed by atoms with Crippen LogP contribution in [0.3, 0.4) is 0 Å². The Morgan fingerprint density at radius 2 is 2.15 bits per heavy atom. The molecule has 0 aromatic rings. The quantitative estimate of drug-likeness (QED) is 0.465. The van der Waals surface area contributed by atoms with Crippen LogP contribution in [0.1, 0.15) is 12.8 Å². The molecule has 2 bridgehead atoms. The Morgan fingerprint density at radius 3 is 2.92 bits per heavy atom. The molecular formula is C11H15ClO. The smallest absolute Gasteiger partial charge is 0.0768 e. The molecule has 0 aliphatic heterocycles. The molecular weight excluding hydrogens is 184 g/mol. The normalized spacial score (nSPS) is 57.4. The SMILES string of the molecule is COC1C(Cl)C2CC1C1CC=CC21. The van der Waals surface area contributed by atoms with Gasteiger partial charge in [0.1, 0.15) is 0 Å². The molecule has 0 amide bonds. The molecule has 0 aromatic carbocycles. The van der Waals surface area contributed by atoms with Crippen molar-refractivity contribution in [2.75, 3.05) is 7.11 Å². The van der Waals surface area contributed by atoms with Gasteiger partial charge in [0.05, 0.1) is 11.5 Å². The van der Waals surface area contributed by atoms with Crippen LogP contribution < -0.4 is 0 Å². The van der Waals surface area contributed by atoms with E-state index in [4.69, 9.17) is 16.3 Å². The number of fused-ring (bicyclic) bond motifs is 5. The maximum absolute atomic E-state index is 6.38. The lowest BCUT2D eigenvalue weighted by atomic mass is 9.79. The third-order valence-corrected chi connectivity index (χ3v) is 4.84. The van der Waals surface area contributed by atoms with Gasteiger partial charge < -0.3 is 4.74 Å². The number of halogens is 1. The van der Waals surface area contributed by atoms with Crippen LogP contribution in [0, 0.1) is 23.7 Å². The van der Waals surface area contributed by atoms with Crippen LogP contribution in [-0.2, 0) is 4.74 Å². The van der Waals surface area contributed by atoms with Crippen LogP contribution in [0.5, 0.6) is 0 Å². The van der Waals surface area contributed by atoms with Gasteiger partial charge in [0.2, 0.25) is 0 Å². The van der Waals surface area contributed by atoms with Crippen LogP contribution in [0.4, 0.5) is 0 Å². The van der Waals surface area contributed by atoms with Crippen molar-refractivity contribution in [2.45, 2.75) is 24.3 Å². The van der Waals surface area contributed by atoms with E-state index in [1.807, 2.05) is 0 Å². The first-order valence-corrected chi connectivity index (χ1v) is 5.60. The van der Waals surface area contributed by atoms with Gasteiger partial charge >= 0.3 is 0 Å². The summed E-state index contributed by atoms with van der Waals surface area (Å²) in [5.74, 6) is 3.06. The minimum absolute atomic E-state index is 0.263. The maximum Gasteiger partial charge on any atom is 0.0768 e. The molecule has 0 aromatic heterocycles. The van der Waals surface area contributed by atoms with Gasteiger partial charge in [0, 0.05) is 7.11 Å². The zero-order valence-electron chi connectivity index (χ0n) is 7.82. The summed E-state index contributed by atoms with van der Waals surface area (Å²) in [6, 6.07) is 0. The van der Waals surface area contributed by atoms with Gasteiger partial charge in [-0.05, 0) is 36.5 Å². The summed E-state index contributed by atoms with van der Waals surface area (Å²) in [6.07, 6.45) is 7.60. The number of rotatable bonds is 1. The Hall–Kier alpha value is -0.0100. The molecule has 2 heteroatoms. The second-order valence-electron chi connectivity index (χ2n) is 4.61. The average molecular weight is 199 g/mol. The summed E-state index contributed by atoms with van der Waals surface area (Å²) in [4.78, 5) is 0. The third kappa shape index (κ3) is 0.924. The van der Waals surface area contributed by atoms with Crippen molar-refractivity contribution in [1.82, 2.24) is 0 Å². The van der Waals surface area contributed by atoms with E-state index in [1.54, 1.807) is 7.11 Å². The van der Waals surface area contributed by atoms with Crippen LogP contribution in [0.2, 0.25) is 0 Å². The van der Waals surface area contributed by atoms with E-state index in [-0.39, 0.29) is 5.38 Å². The second kappa shape index (κ2) is 2.74. The molecule has 0 N–H and O–H groups in total. The molecule has 3 aliphatic rings. The van der Waals surface area contributed by atoms with Crippen molar-refractivity contribution in [3.63, 3.8) is 0 Å². The monoisotopic (exact) mass is 198 g/mol. The number of hydrogen-bond donors (Lipinski definition) is 0. The Balaban J connectivity index is 1.90. The highest BCUT2D eigenvalue weighted by molar-refractivity contribution is 6.21. The second-order valence-corrected chi connectivity index (χ2v) is 5.12. The first-order chi connectivity index (χ1) is 6.33. The lowest BCUT2D eigenvalue weighted by Gasteiger charge is -2.33. The lowest BCUT2D eigenvalue weighted by Crippen LogP contribution is -2.38. The van der Waals surface area contributed by atoms with Gasteiger partial charge in [-0.2, -0.15) is 0 Å². The first kappa shape index (κ1) is 8.31. The Morgan fingerprint density at radius 1 is 1.31 bits per heavy atom. The van der Waals surface area contributed by atoms with Gasteiger partial charge in [0.15, 0.2) is 0 Å². The fourth-order valence-corrected chi connectivity index (χ4v) is 4.32. The van der Waals surface area contributed by atoms with E-state index in [9.17, 15) is 0 Å². The summed E-state index contributed by atoms with van der Waals surface area (Å²) < 4.78 is 5.51. The highest BCUT2D eigenvalue weighted by atomic mass is 35.5. The van der Waals surface area contributed by atoms with Crippen molar-refractivity contribution in [3.05, 3.63) is 12.2 Å². The number of methoxy groups -OCH3 is 1. The molecule has 3 aliphatic carbocycles. The molecule has 0 saturated heterocycles. The van der Waals surface area contributed by atoms with E-state index in [1.165, 1.54) is 12.8 Å². The van der Waals surface area contributed by atoms with Crippen LogP contribution in [0.25, 0.3) is 0 Å². The van der Waals surface area contributed by atoms with Crippen molar-refractivity contribution in [2.24, 2.45) is 23.7 Å². The molecule has 2 saturated carbocycles. The summed E-state index contributed by atoms with van der Waals surface area (Å²) in [6.45, 7) is 0. The largest absolute Gasteiger partial charge is 0.380 e. The predicted molar refractivity (Wildman–Crippen MR) is 52.8 cm³/mol. The zero-order valence-corrected chi connectivity index (χ0v) is 8.58. The lowest BCUT2D eigenvalue weighted by molar-refractivity contribution is 0.0293. The summed E-state index contributed by atoms with van der Waals surface area (Å²) in [5.41, 5.74) is 0. The molecule has 0 spiro atoms. The van der Waals surface area contributed by atoms with E-state index in [0.29, 0.717) is 12.0 Å². The first-order valence-electron chi connectivity index (χ1n) is 5.16. The van der Waals surface area contributed by atoms with Crippen molar-refractivity contribution < 1.29 is 4.74 Å². The van der Waals surface area contributed by atoms with Crippen LogP contribution in [-0.4, -0.2) is 18.6 Å². The van der Waals surface area contributed by atoms with Crippen LogP contribution in [0.15, 0.2) is 12.2 Å². The topological polar surface area (TPSA) is 9.23 Å².